The minimum atomic E-state index is -0.249. The molecule has 0 unspecified atom stereocenters. The molecule has 2 heterocycles. The Kier molecular flexibility index (Phi) is 4.34. The fraction of sp³-hybridized carbons (Fsp3) is 0.412. The summed E-state index contributed by atoms with van der Waals surface area (Å²) in [6, 6.07) is 6.60. The van der Waals surface area contributed by atoms with Crippen molar-refractivity contribution in [1.29, 1.82) is 0 Å². The van der Waals surface area contributed by atoms with E-state index in [0.717, 1.165) is 49.3 Å². The Morgan fingerprint density at radius 3 is 2.55 bits per heavy atom. The number of nitrogens with zero attached hydrogens (tertiary/aromatic N) is 3. The van der Waals surface area contributed by atoms with E-state index in [1.54, 1.807) is 12.1 Å². The van der Waals surface area contributed by atoms with Gasteiger partial charge < -0.3 is 10.6 Å². The van der Waals surface area contributed by atoms with Gasteiger partial charge in [-0.15, -0.1) is 0 Å². The molecule has 0 saturated carbocycles. The van der Waals surface area contributed by atoms with E-state index in [-0.39, 0.29) is 5.82 Å². The number of hydrogen-bond donors (Lipinski definition) is 1. The number of nitrogens with two attached hydrogens (primary N) is 1. The van der Waals surface area contributed by atoms with Gasteiger partial charge in [-0.3, -0.25) is 0 Å². The van der Waals surface area contributed by atoms with Crippen LogP contribution in [-0.2, 0) is 6.42 Å². The first-order valence-corrected chi connectivity index (χ1v) is 7.79. The fourth-order valence-corrected chi connectivity index (χ4v) is 2.81. The summed E-state index contributed by atoms with van der Waals surface area (Å²) in [5.74, 6) is 0.398. The van der Waals surface area contributed by atoms with Crippen LogP contribution in [0.1, 0.15) is 25.5 Å². The van der Waals surface area contributed by atoms with Crippen molar-refractivity contribution in [3.63, 3.8) is 0 Å². The number of rotatable bonds is 3. The Morgan fingerprint density at radius 2 is 1.91 bits per heavy atom. The summed E-state index contributed by atoms with van der Waals surface area (Å²) in [6.45, 7) is 4.00. The number of aryl methyl sites for hydroxylation is 1. The molecule has 2 aromatic rings. The van der Waals surface area contributed by atoms with E-state index in [4.69, 9.17) is 5.73 Å². The van der Waals surface area contributed by atoms with Crippen LogP contribution < -0.4 is 10.6 Å². The Bertz CT molecular complexity index is 634. The molecule has 1 fully saturated rings. The van der Waals surface area contributed by atoms with Crippen molar-refractivity contribution < 1.29 is 4.39 Å². The highest BCUT2D eigenvalue weighted by Gasteiger charge is 2.19. The van der Waals surface area contributed by atoms with Crippen molar-refractivity contribution in [1.82, 2.24) is 9.97 Å². The smallest absolute Gasteiger partial charge is 0.159 e. The third-order valence-electron chi connectivity index (χ3n) is 4.16. The van der Waals surface area contributed by atoms with Crippen molar-refractivity contribution in [2.45, 2.75) is 32.2 Å². The van der Waals surface area contributed by atoms with Gasteiger partial charge in [0.2, 0.25) is 0 Å². The lowest BCUT2D eigenvalue weighted by Crippen LogP contribution is -2.40. The minimum Gasteiger partial charge on any atom is -0.369 e. The standard InChI is InChI=1S/C17H21FN4/c1-2-15-16(22-9-7-14(19)8-10-22)11-20-17(21-15)12-3-5-13(18)6-4-12/h3-6,11,14H,2,7-10,19H2,1H3. The highest BCUT2D eigenvalue weighted by Crippen LogP contribution is 2.25. The molecule has 116 valence electrons. The van der Waals surface area contributed by atoms with E-state index in [0.29, 0.717) is 11.9 Å². The highest BCUT2D eigenvalue weighted by molar-refractivity contribution is 5.59. The first-order valence-electron chi connectivity index (χ1n) is 7.79. The highest BCUT2D eigenvalue weighted by atomic mass is 19.1. The van der Waals surface area contributed by atoms with Crippen LogP contribution in [0.15, 0.2) is 30.5 Å². The maximum atomic E-state index is 13.0. The van der Waals surface area contributed by atoms with Gasteiger partial charge in [-0.25, -0.2) is 14.4 Å². The molecule has 3 rings (SSSR count). The van der Waals surface area contributed by atoms with Crippen LogP contribution in [0.5, 0.6) is 0 Å². The summed E-state index contributed by atoms with van der Waals surface area (Å²) in [4.78, 5) is 11.5. The Hall–Kier alpha value is -2.01. The number of halogens is 1. The average molecular weight is 300 g/mol. The molecule has 2 N–H and O–H groups in total. The zero-order valence-corrected chi connectivity index (χ0v) is 12.8. The van der Waals surface area contributed by atoms with Gasteiger partial charge in [0.05, 0.1) is 17.6 Å². The Labute approximate surface area is 130 Å². The number of piperidine rings is 1. The van der Waals surface area contributed by atoms with Gasteiger partial charge in [0.15, 0.2) is 5.82 Å². The quantitative estimate of drug-likeness (QED) is 0.947. The van der Waals surface area contributed by atoms with Crippen LogP contribution in [-0.4, -0.2) is 29.1 Å². The second-order valence-corrected chi connectivity index (χ2v) is 5.71. The van der Waals surface area contributed by atoms with Crippen molar-refractivity contribution in [3.8, 4) is 11.4 Å². The molecule has 1 aliphatic heterocycles. The average Bonchev–Trinajstić information content (AvgIpc) is 2.56. The molecule has 0 spiro atoms. The Morgan fingerprint density at radius 1 is 1.23 bits per heavy atom. The summed E-state index contributed by atoms with van der Waals surface area (Å²) in [5, 5.41) is 0. The molecule has 1 aliphatic rings. The second-order valence-electron chi connectivity index (χ2n) is 5.71. The van der Waals surface area contributed by atoms with Gasteiger partial charge in [0, 0.05) is 24.7 Å². The number of anilines is 1. The molecule has 0 atom stereocenters. The van der Waals surface area contributed by atoms with Crippen LogP contribution in [0.3, 0.4) is 0 Å². The third kappa shape index (κ3) is 3.09. The topological polar surface area (TPSA) is 55.0 Å². The zero-order valence-electron chi connectivity index (χ0n) is 12.8. The van der Waals surface area contributed by atoms with Gasteiger partial charge in [-0.1, -0.05) is 6.92 Å². The van der Waals surface area contributed by atoms with Crippen molar-refractivity contribution in [3.05, 3.63) is 42.0 Å². The number of aromatic nitrogens is 2. The van der Waals surface area contributed by atoms with Gasteiger partial charge in [-0.05, 0) is 43.5 Å². The van der Waals surface area contributed by atoms with Crippen molar-refractivity contribution in [2.75, 3.05) is 18.0 Å². The predicted octanol–water partition coefficient (Wildman–Crippen LogP) is 2.77. The van der Waals surface area contributed by atoms with Gasteiger partial charge in [0.1, 0.15) is 5.82 Å². The van der Waals surface area contributed by atoms with Crippen molar-refractivity contribution in [2.24, 2.45) is 5.73 Å². The van der Waals surface area contributed by atoms with Crippen LogP contribution >= 0.6 is 0 Å². The molecule has 4 nitrogen and oxygen atoms in total. The van der Waals surface area contributed by atoms with E-state index in [9.17, 15) is 4.39 Å². The first kappa shape index (κ1) is 14.9. The lowest BCUT2D eigenvalue weighted by molar-refractivity contribution is 0.499. The van der Waals surface area contributed by atoms with E-state index in [1.807, 2.05) is 6.20 Å². The predicted molar refractivity (Wildman–Crippen MR) is 86.2 cm³/mol. The first-order chi connectivity index (χ1) is 10.7. The number of benzene rings is 1. The fourth-order valence-electron chi connectivity index (χ4n) is 2.81. The van der Waals surface area contributed by atoms with Crippen LogP contribution in [0.4, 0.5) is 10.1 Å². The zero-order chi connectivity index (χ0) is 15.5. The van der Waals surface area contributed by atoms with E-state index in [2.05, 4.69) is 21.8 Å². The molecule has 0 amide bonds. The van der Waals surface area contributed by atoms with Gasteiger partial charge in [-0.2, -0.15) is 0 Å². The molecule has 0 aliphatic carbocycles. The van der Waals surface area contributed by atoms with Crippen LogP contribution in [0, 0.1) is 5.82 Å². The third-order valence-corrected chi connectivity index (χ3v) is 4.16. The maximum Gasteiger partial charge on any atom is 0.159 e. The van der Waals surface area contributed by atoms with Crippen molar-refractivity contribution >= 4 is 5.69 Å². The molecule has 0 bridgehead atoms. The van der Waals surface area contributed by atoms with E-state index >= 15 is 0 Å². The van der Waals surface area contributed by atoms with Crippen LogP contribution in [0.2, 0.25) is 0 Å². The lowest BCUT2D eigenvalue weighted by Gasteiger charge is -2.32. The minimum absolute atomic E-state index is 0.249. The molecule has 1 aromatic carbocycles. The van der Waals surface area contributed by atoms with E-state index in [1.165, 1.54) is 12.1 Å². The monoisotopic (exact) mass is 300 g/mol. The molecule has 1 saturated heterocycles. The summed E-state index contributed by atoms with van der Waals surface area (Å²) >= 11 is 0. The molecule has 22 heavy (non-hydrogen) atoms. The summed E-state index contributed by atoms with van der Waals surface area (Å²) < 4.78 is 13.0. The molecular weight excluding hydrogens is 279 g/mol. The summed E-state index contributed by atoms with van der Waals surface area (Å²) in [6.07, 6.45) is 4.74. The molecule has 0 radical (unpaired) electrons. The number of hydrogen-bond acceptors (Lipinski definition) is 4. The summed E-state index contributed by atoms with van der Waals surface area (Å²) in [5.41, 5.74) is 8.94. The van der Waals surface area contributed by atoms with Gasteiger partial charge in [0.25, 0.3) is 0 Å². The van der Waals surface area contributed by atoms with Crippen LogP contribution in [0.25, 0.3) is 11.4 Å². The SMILES string of the molecule is CCc1nc(-c2ccc(F)cc2)ncc1N1CCC(N)CC1. The van der Waals surface area contributed by atoms with E-state index < -0.39 is 0 Å². The largest absolute Gasteiger partial charge is 0.369 e. The lowest BCUT2D eigenvalue weighted by atomic mass is 10.1. The second kappa shape index (κ2) is 6.40. The normalized spacial score (nSPS) is 16.0. The molecule has 1 aromatic heterocycles. The summed E-state index contributed by atoms with van der Waals surface area (Å²) in [7, 11) is 0. The van der Waals surface area contributed by atoms with Gasteiger partial charge >= 0.3 is 0 Å². The molecule has 5 heteroatoms. The maximum absolute atomic E-state index is 13.0. The Balaban J connectivity index is 1.89. The molecular formula is C17H21FN4.